The van der Waals surface area contributed by atoms with Gasteiger partial charge in [0.2, 0.25) is 0 Å². The van der Waals surface area contributed by atoms with Crippen molar-refractivity contribution in [3.63, 3.8) is 0 Å². The molecule has 474 valence electrons. The molecule has 0 fully saturated rings. The topological polar surface area (TPSA) is 77.3 Å². The Kier molecular flexibility index (Phi) is 15.5. The van der Waals surface area contributed by atoms with Crippen molar-refractivity contribution >= 4 is 10.8 Å². The molecule has 14 aromatic carbocycles. The second-order valence-corrected chi connectivity index (χ2v) is 27.0. The number of nitrogens with zero attached hydrogens (tertiary/aromatic N) is 6. The molecule has 0 atom stereocenters. The highest BCUT2D eigenvalue weighted by Crippen LogP contribution is 2.52. The fraction of sp³-hybridized carbons (Fsp3) is 0.0638. The Morgan fingerprint density at radius 2 is 0.410 bits per heavy atom. The summed E-state index contributed by atoms with van der Waals surface area (Å²) in [6.07, 6.45) is 0. The molecule has 2 aliphatic rings. The van der Waals surface area contributed by atoms with Gasteiger partial charge in [0, 0.05) is 44.2 Å². The van der Waals surface area contributed by atoms with Gasteiger partial charge in [-0.1, -0.05) is 319 Å². The number of rotatable bonds is 11. The van der Waals surface area contributed by atoms with Crippen LogP contribution in [-0.4, -0.2) is 29.9 Å². The Hall–Kier alpha value is -12.6. The zero-order valence-electron chi connectivity index (χ0n) is 56.0. The molecule has 0 saturated carbocycles. The highest BCUT2D eigenvalue weighted by atomic mass is 15.0. The number of hydrogen-bond donors (Lipinski definition) is 0. The van der Waals surface area contributed by atoms with E-state index in [1.807, 2.05) is 97.1 Å². The van der Waals surface area contributed by atoms with E-state index in [1.54, 1.807) is 0 Å². The lowest BCUT2D eigenvalue weighted by Crippen LogP contribution is -2.15. The molecule has 0 bridgehead atoms. The molecule has 6 nitrogen and oxygen atoms in total. The van der Waals surface area contributed by atoms with Crippen LogP contribution in [0.4, 0.5) is 0 Å². The van der Waals surface area contributed by atoms with Gasteiger partial charge < -0.3 is 0 Å². The van der Waals surface area contributed by atoms with Crippen LogP contribution in [-0.2, 0) is 10.8 Å². The summed E-state index contributed by atoms with van der Waals surface area (Å²) in [5, 5.41) is 2.58. The van der Waals surface area contributed by atoms with Crippen LogP contribution in [0.2, 0.25) is 0 Å². The van der Waals surface area contributed by atoms with Crippen LogP contribution >= 0.6 is 0 Å². The molecule has 0 aliphatic heterocycles. The van der Waals surface area contributed by atoms with Crippen molar-refractivity contribution in [1.82, 2.24) is 29.9 Å². The zero-order chi connectivity index (χ0) is 67.3. The average molecular weight is 1280 g/mol. The second kappa shape index (κ2) is 25.4. The van der Waals surface area contributed by atoms with E-state index in [1.165, 1.54) is 83.1 Å². The van der Waals surface area contributed by atoms with Crippen molar-refractivity contribution < 1.29 is 0 Å². The number of benzene rings is 14. The maximum Gasteiger partial charge on any atom is 0.164 e. The molecule has 0 N–H and O–H groups in total. The molecule has 6 heteroatoms. The molecular formula is C94H68N6. The summed E-state index contributed by atoms with van der Waals surface area (Å²) in [6.45, 7) is 9.37. The SMILES string of the molecule is CC1(C)c2cc(-c3cccc(-c4cccc(-c5nc(-c6ccccc6)nc(-c6ccccc6)n5)c4)c3)ccc2-c2cc3ccccc3cc21.CC1(C)c2ccccc2-c2ccc(-c3cccc(-c4cccc(-c5nc(-c6ccccc6)nc(-c6ccc(-c7ccccc7)cc6)n5)c4)c3)cc21. The van der Waals surface area contributed by atoms with Crippen molar-refractivity contribution in [3.05, 3.63) is 362 Å². The minimum absolute atomic E-state index is 0.0419. The van der Waals surface area contributed by atoms with E-state index in [0.29, 0.717) is 34.9 Å². The van der Waals surface area contributed by atoms with E-state index in [9.17, 15) is 0 Å². The van der Waals surface area contributed by atoms with Crippen LogP contribution in [0.3, 0.4) is 0 Å². The van der Waals surface area contributed by atoms with Gasteiger partial charge in [0.05, 0.1) is 0 Å². The van der Waals surface area contributed by atoms with Gasteiger partial charge in [-0.2, -0.15) is 0 Å². The van der Waals surface area contributed by atoms with Gasteiger partial charge in [0.25, 0.3) is 0 Å². The molecule has 0 saturated heterocycles. The summed E-state index contributed by atoms with van der Waals surface area (Å²) in [5.74, 6) is 3.91. The van der Waals surface area contributed by atoms with E-state index in [2.05, 4.69) is 270 Å². The Morgan fingerprint density at radius 1 is 0.160 bits per heavy atom. The summed E-state index contributed by atoms with van der Waals surface area (Å²) in [5.41, 5.74) is 28.2. The molecule has 2 aliphatic carbocycles. The lowest BCUT2D eigenvalue weighted by Gasteiger charge is -2.22. The van der Waals surface area contributed by atoms with Crippen LogP contribution in [0.1, 0.15) is 49.9 Å². The van der Waals surface area contributed by atoms with Gasteiger partial charge >= 0.3 is 0 Å². The van der Waals surface area contributed by atoms with Crippen molar-refractivity contribution in [2.45, 2.75) is 38.5 Å². The first-order valence-corrected chi connectivity index (χ1v) is 34.2. The van der Waals surface area contributed by atoms with E-state index < -0.39 is 0 Å². The summed E-state index contributed by atoms with van der Waals surface area (Å²) in [4.78, 5) is 29.8. The van der Waals surface area contributed by atoms with Gasteiger partial charge in [-0.15, -0.1) is 0 Å². The first-order valence-electron chi connectivity index (χ1n) is 34.2. The molecule has 0 spiro atoms. The summed E-state index contributed by atoms with van der Waals surface area (Å²) in [6, 6.07) is 120. The summed E-state index contributed by atoms with van der Waals surface area (Å²) < 4.78 is 0. The number of aromatic nitrogens is 6. The largest absolute Gasteiger partial charge is 0.208 e. The third kappa shape index (κ3) is 11.5. The average Bonchev–Trinajstić information content (AvgIpc) is 1.58. The Labute approximate surface area is 583 Å². The van der Waals surface area contributed by atoms with Gasteiger partial charge in [0.15, 0.2) is 34.9 Å². The predicted molar refractivity (Wildman–Crippen MR) is 412 cm³/mol. The second-order valence-electron chi connectivity index (χ2n) is 27.0. The van der Waals surface area contributed by atoms with E-state index in [4.69, 9.17) is 29.9 Å². The fourth-order valence-electron chi connectivity index (χ4n) is 14.6. The molecule has 0 radical (unpaired) electrons. The molecular weight excluding hydrogens is 1210 g/mol. The van der Waals surface area contributed by atoms with Gasteiger partial charge in [-0.05, 0) is 159 Å². The van der Waals surface area contributed by atoms with Gasteiger partial charge in [-0.3, -0.25) is 0 Å². The molecule has 18 rings (SSSR count). The quantitative estimate of drug-likeness (QED) is 0.128. The van der Waals surface area contributed by atoms with Crippen LogP contribution in [0.5, 0.6) is 0 Å². The van der Waals surface area contributed by atoms with Crippen molar-refractivity contribution in [1.29, 1.82) is 0 Å². The smallest absolute Gasteiger partial charge is 0.164 e. The summed E-state index contributed by atoms with van der Waals surface area (Å²) in [7, 11) is 0. The number of hydrogen-bond acceptors (Lipinski definition) is 6. The van der Waals surface area contributed by atoms with E-state index in [-0.39, 0.29) is 10.8 Å². The summed E-state index contributed by atoms with van der Waals surface area (Å²) >= 11 is 0. The minimum Gasteiger partial charge on any atom is -0.208 e. The highest BCUT2D eigenvalue weighted by molar-refractivity contribution is 5.95. The first kappa shape index (κ1) is 61.0. The zero-order valence-corrected chi connectivity index (χ0v) is 56.0. The molecule has 0 amide bonds. The van der Waals surface area contributed by atoms with E-state index in [0.717, 1.165) is 61.2 Å². The third-order valence-corrected chi connectivity index (χ3v) is 20.0. The van der Waals surface area contributed by atoms with E-state index >= 15 is 0 Å². The standard InChI is InChI=1S/C48H35N3.C46H33N3/c1-48(2)43-22-10-9-21-41(43)42-28-27-39(31-44(42)48)37-18-11-17-36(29-37)38-19-12-20-40(30-38)47-50-45(34-15-7-4-8-16-34)49-46(51-47)35-25-23-33(24-26-35)32-13-5-3-6-14-32;1-46(2)41-29-37(23-24-39(41)40-27-35-17-9-10-18-36(35)28-42(40)46)33-20-11-19-32(25-33)34-21-12-22-38(26-34)45-48-43(30-13-5-3-6-14-30)47-44(49-45)31-15-7-4-8-16-31/h3-31H,1-2H3;3-29H,1-2H3. The normalized spacial score (nSPS) is 12.8. The van der Waals surface area contributed by atoms with Crippen molar-refractivity contribution in [2.75, 3.05) is 0 Å². The Morgan fingerprint density at radius 3 is 0.840 bits per heavy atom. The van der Waals surface area contributed by atoms with Crippen molar-refractivity contribution in [2.24, 2.45) is 0 Å². The lowest BCUT2D eigenvalue weighted by molar-refractivity contribution is 0.660. The minimum atomic E-state index is -0.0849. The Balaban J connectivity index is 0.000000150. The highest BCUT2D eigenvalue weighted by Gasteiger charge is 2.37. The molecule has 0 unspecified atom stereocenters. The monoisotopic (exact) mass is 1280 g/mol. The number of fused-ring (bicyclic) bond motifs is 7. The molecule has 100 heavy (non-hydrogen) atoms. The maximum absolute atomic E-state index is 5.04. The predicted octanol–water partition coefficient (Wildman–Crippen LogP) is 23.8. The maximum atomic E-state index is 5.04. The fourth-order valence-corrected chi connectivity index (χ4v) is 14.6. The van der Waals surface area contributed by atoms with Gasteiger partial charge in [0.1, 0.15) is 0 Å². The van der Waals surface area contributed by atoms with Crippen LogP contribution < -0.4 is 0 Å². The van der Waals surface area contributed by atoms with Crippen LogP contribution in [0.25, 0.3) is 157 Å². The van der Waals surface area contributed by atoms with Crippen LogP contribution in [0, 0.1) is 0 Å². The van der Waals surface area contributed by atoms with Gasteiger partial charge in [-0.25, -0.2) is 29.9 Å². The van der Waals surface area contributed by atoms with Crippen LogP contribution in [0.15, 0.2) is 340 Å². The Bertz CT molecular complexity index is 5710. The lowest BCUT2D eigenvalue weighted by atomic mass is 9.81. The van der Waals surface area contributed by atoms with Crippen molar-refractivity contribution in [3.8, 4) is 146 Å². The molecule has 16 aromatic rings. The molecule has 2 aromatic heterocycles. The molecule has 2 heterocycles. The first-order chi connectivity index (χ1) is 49.0. The third-order valence-electron chi connectivity index (χ3n) is 20.0.